The first kappa shape index (κ1) is 10.0. The Morgan fingerprint density at radius 1 is 1.53 bits per heavy atom. The minimum absolute atomic E-state index is 0.138. The number of ether oxygens (including phenoxy) is 1. The Morgan fingerprint density at radius 2 is 2.27 bits per heavy atom. The quantitative estimate of drug-likeness (QED) is 0.824. The predicted octanol–water partition coefficient (Wildman–Crippen LogP) is 2.19. The van der Waals surface area contributed by atoms with Crippen molar-refractivity contribution in [1.82, 2.24) is 0 Å². The van der Waals surface area contributed by atoms with Crippen molar-refractivity contribution >= 4 is 5.97 Å². The summed E-state index contributed by atoms with van der Waals surface area (Å²) in [6, 6.07) is 5.81. The molecular weight excluding hydrogens is 192 g/mol. The second-order valence-electron chi connectivity index (χ2n) is 3.98. The van der Waals surface area contributed by atoms with Crippen molar-refractivity contribution in [3.05, 3.63) is 29.3 Å². The summed E-state index contributed by atoms with van der Waals surface area (Å²) < 4.78 is 5.26. The van der Waals surface area contributed by atoms with Crippen molar-refractivity contribution in [1.29, 1.82) is 0 Å². The zero-order valence-corrected chi connectivity index (χ0v) is 8.86. The third kappa shape index (κ3) is 1.69. The van der Waals surface area contributed by atoms with Gasteiger partial charge in [0.2, 0.25) is 0 Å². The molecule has 0 heterocycles. The van der Waals surface area contributed by atoms with Gasteiger partial charge in [0, 0.05) is 11.5 Å². The van der Waals surface area contributed by atoms with E-state index < -0.39 is 5.97 Å². The maximum absolute atomic E-state index is 10.8. The van der Waals surface area contributed by atoms with Crippen LogP contribution in [0.4, 0.5) is 0 Å². The van der Waals surface area contributed by atoms with Crippen molar-refractivity contribution in [2.45, 2.75) is 19.3 Å². The molecule has 1 aliphatic rings. The van der Waals surface area contributed by atoms with Gasteiger partial charge in [-0.1, -0.05) is 12.1 Å². The van der Waals surface area contributed by atoms with Gasteiger partial charge in [0.1, 0.15) is 5.75 Å². The number of hydrogen-bond donors (Lipinski definition) is 1. The number of carboxylic acid groups (broad SMARTS) is 1. The Hall–Kier alpha value is -1.51. The summed E-state index contributed by atoms with van der Waals surface area (Å²) in [4.78, 5) is 10.8. The predicted molar refractivity (Wildman–Crippen MR) is 56.2 cm³/mol. The van der Waals surface area contributed by atoms with Crippen LogP contribution in [-0.4, -0.2) is 18.2 Å². The average molecular weight is 206 g/mol. The number of carboxylic acids is 1. The van der Waals surface area contributed by atoms with E-state index in [-0.39, 0.29) is 11.8 Å². The van der Waals surface area contributed by atoms with E-state index in [9.17, 15) is 4.79 Å². The van der Waals surface area contributed by atoms with Gasteiger partial charge in [-0.05, 0) is 25.0 Å². The Labute approximate surface area is 88.7 Å². The van der Waals surface area contributed by atoms with Gasteiger partial charge in [0.15, 0.2) is 0 Å². The molecule has 1 aromatic rings. The van der Waals surface area contributed by atoms with E-state index in [0.717, 1.165) is 23.3 Å². The number of benzene rings is 1. The van der Waals surface area contributed by atoms with Crippen LogP contribution in [0.2, 0.25) is 0 Å². The molecule has 1 saturated carbocycles. The molecule has 3 nitrogen and oxygen atoms in total. The van der Waals surface area contributed by atoms with Crippen molar-refractivity contribution < 1.29 is 14.6 Å². The Bertz CT molecular complexity index is 398. The second kappa shape index (κ2) is 3.57. The summed E-state index contributed by atoms with van der Waals surface area (Å²) in [5, 5.41) is 8.90. The first-order valence-corrected chi connectivity index (χ1v) is 5.01. The van der Waals surface area contributed by atoms with E-state index >= 15 is 0 Å². The van der Waals surface area contributed by atoms with Crippen LogP contribution in [0.5, 0.6) is 5.75 Å². The van der Waals surface area contributed by atoms with Crippen LogP contribution in [-0.2, 0) is 4.79 Å². The fraction of sp³-hybridized carbons (Fsp3) is 0.417. The lowest BCUT2D eigenvalue weighted by atomic mass is 10.0. The lowest BCUT2D eigenvalue weighted by molar-refractivity contribution is -0.138. The van der Waals surface area contributed by atoms with Crippen molar-refractivity contribution in [2.24, 2.45) is 5.92 Å². The maximum atomic E-state index is 10.8. The molecule has 0 amide bonds. The van der Waals surface area contributed by atoms with Crippen LogP contribution in [0.1, 0.15) is 23.5 Å². The third-order valence-electron chi connectivity index (χ3n) is 2.98. The van der Waals surface area contributed by atoms with Gasteiger partial charge in [0.25, 0.3) is 0 Å². The van der Waals surface area contributed by atoms with Gasteiger partial charge < -0.3 is 9.84 Å². The van der Waals surface area contributed by atoms with Crippen molar-refractivity contribution in [2.75, 3.05) is 7.11 Å². The van der Waals surface area contributed by atoms with Crippen LogP contribution in [0.15, 0.2) is 18.2 Å². The smallest absolute Gasteiger partial charge is 0.307 e. The summed E-state index contributed by atoms with van der Waals surface area (Å²) in [7, 11) is 1.62. The molecule has 2 unspecified atom stereocenters. The maximum Gasteiger partial charge on any atom is 0.307 e. The first-order chi connectivity index (χ1) is 7.15. The molecular formula is C12H14O3. The summed E-state index contributed by atoms with van der Waals surface area (Å²) in [5.74, 6) is 0.0210. The van der Waals surface area contributed by atoms with E-state index in [1.807, 2.05) is 25.1 Å². The van der Waals surface area contributed by atoms with E-state index in [1.54, 1.807) is 7.11 Å². The highest BCUT2D eigenvalue weighted by Gasteiger charge is 2.46. The number of hydrogen-bond acceptors (Lipinski definition) is 2. The van der Waals surface area contributed by atoms with Crippen LogP contribution >= 0.6 is 0 Å². The van der Waals surface area contributed by atoms with Crippen molar-refractivity contribution in [3.8, 4) is 5.75 Å². The van der Waals surface area contributed by atoms with Crippen LogP contribution < -0.4 is 4.74 Å². The fourth-order valence-corrected chi connectivity index (χ4v) is 2.09. The molecule has 1 N–H and O–H groups in total. The summed E-state index contributed by atoms with van der Waals surface area (Å²) >= 11 is 0. The lowest BCUT2D eigenvalue weighted by Crippen LogP contribution is -2.01. The standard InChI is InChI=1S/C12H14O3/c1-7-4-3-5-10(15-2)11(7)8-6-9(8)12(13)14/h3-5,8-9H,6H2,1-2H3,(H,13,14). The topological polar surface area (TPSA) is 46.5 Å². The molecule has 0 bridgehead atoms. The van der Waals surface area contributed by atoms with E-state index in [1.165, 1.54) is 0 Å². The fourth-order valence-electron chi connectivity index (χ4n) is 2.09. The number of carbonyl (C=O) groups is 1. The molecule has 0 radical (unpaired) electrons. The van der Waals surface area contributed by atoms with Gasteiger partial charge in [-0.15, -0.1) is 0 Å². The highest BCUT2D eigenvalue weighted by Crippen LogP contribution is 2.51. The SMILES string of the molecule is COc1cccc(C)c1C1CC1C(=O)O. The molecule has 80 valence electrons. The zero-order chi connectivity index (χ0) is 11.0. The van der Waals surface area contributed by atoms with Gasteiger partial charge in [-0.3, -0.25) is 4.79 Å². The number of rotatable bonds is 3. The Kier molecular flexibility index (Phi) is 2.39. The minimum atomic E-state index is -0.703. The highest BCUT2D eigenvalue weighted by atomic mass is 16.5. The van der Waals surface area contributed by atoms with Crippen molar-refractivity contribution in [3.63, 3.8) is 0 Å². The Balaban J connectivity index is 2.33. The molecule has 1 aromatic carbocycles. The molecule has 0 aliphatic heterocycles. The number of methoxy groups -OCH3 is 1. The average Bonchev–Trinajstić information content (AvgIpc) is 2.96. The monoisotopic (exact) mass is 206 g/mol. The molecule has 15 heavy (non-hydrogen) atoms. The molecule has 0 saturated heterocycles. The van der Waals surface area contributed by atoms with Crippen LogP contribution in [0, 0.1) is 12.8 Å². The molecule has 3 heteroatoms. The third-order valence-corrected chi connectivity index (χ3v) is 2.98. The van der Waals surface area contributed by atoms with E-state index in [2.05, 4.69) is 0 Å². The first-order valence-electron chi connectivity index (χ1n) is 5.01. The number of aliphatic carboxylic acids is 1. The molecule has 2 atom stereocenters. The van der Waals surface area contributed by atoms with Crippen LogP contribution in [0.25, 0.3) is 0 Å². The van der Waals surface area contributed by atoms with Gasteiger partial charge in [0.05, 0.1) is 13.0 Å². The number of aryl methyl sites for hydroxylation is 1. The largest absolute Gasteiger partial charge is 0.496 e. The summed E-state index contributed by atoms with van der Waals surface area (Å²) in [6.07, 6.45) is 0.733. The molecule has 1 aliphatic carbocycles. The molecule has 1 fully saturated rings. The van der Waals surface area contributed by atoms with Gasteiger partial charge in [-0.2, -0.15) is 0 Å². The van der Waals surface area contributed by atoms with Crippen LogP contribution in [0.3, 0.4) is 0 Å². The second-order valence-corrected chi connectivity index (χ2v) is 3.98. The Morgan fingerprint density at radius 3 is 2.80 bits per heavy atom. The molecule has 2 rings (SSSR count). The normalized spacial score (nSPS) is 23.6. The lowest BCUT2D eigenvalue weighted by Gasteiger charge is -2.10. The molecule has 0 aromatic heterocycles. The van der Waals surface area contributed by atoms with E-state index in [0.29, 0.717) is 0 Å². The molecule has 0 spiro atoms. The minimum Gasteiger partial charge on any atom is -0.496 e. The highest BCUT2D eigenvalue weighted by molar-refractivity contribution is 5.76. The van der Waals surface area contributed by atoms with Gasteiger partial charge >= 0.3 is 5.97 Å². The summed E-state index contributed by atoms with van der Waals surface area (Å²) in [6.45, 7) is 2.00. The van der Waals surface area contributed by atoms with Gasteiger partial charge in [-0.25, -0.2) is 0 Å². The zero-order valence-electron chi connectivity index (χ0n) is 8.86. The van der Waals surface area contributed by atoms with E-state index in [4.69, 9.17) is 9.84 Å². The summed E-state index contributed by atoms with van der Waals surface area (Å²) in [5.41, 5.74) is 2.18.